The second kappa shape index (κ2) is 18.8. The minimum Gasteiger partial charge on any atom is -0.462 e. The number of hydrogen-bond donors (Lipinski definition) is 2. The molecule has 0 rings (SSSR count). The Balaban J connectivity index is 7.17. The van der Waals surface area contributed by atoms with Crippen LogP contribution < -0.4 is 5.32 Å². The van der Waals surface area contributed by atoms with Gasteiger partial charge in [-0.2, -0.15) is 0 Å². The number of amides is 1. The average Bonchev–Trinajstić information content (AvgIpc) is 2.81. The number of rotatable bonds is 18. The molecule has 5 atom stereocenters. The quantitative estimate of drug-likeness (QED) is 0.129. The van der Waals surface area contributed by atoms with E-state index >= 15 is 0 Å². The molecule has 0 radical (unpaired) electrons. The zero-order valence-corrected chi connectivity index (χ0v) is 25.8. The van der Waals surface area contributed by atoms with Crippen molar-refractivity contribution in [3.05, 3.63) is 0 Å². The molecule has 0 aliphatic carbocycles. The molecule has 0 aliphatic heterocycles. The summed E-state index contributed by atoms with van der Waals surface area (Å²) in [5.41, 5.74) is 0. The molecule has 0 saturated carbocycles. The molecule has 0 aromatic rings. The van der Waals surface area contributed by atoms with Gasteiger partial charge >= 0.3 is 29.8 Å². The van der Waals surface area contributed by atoms with Gasteiger partial charge in [-0.05, 0) is 11.5 Å². The normalized spacial score (nSPS) is 14.9. The molecule has 0 aromatic heterocycles. The van der Waals surface area contributed by atoms with Crippen molar-refractivity contribution in [3.8, 4) is 0 Å². The van der Waals surface area contributed by atoms with Crippen LogP contribution in [0.2, 0.25) is 0 Å². The summed E-state index contributed by atoms with van der Waals surface area (Å²) in [5.74, 6) is -3.49. The number of esters is 5. The molecular weight excluding hydrogens is 570 g/mol. The molecule has 0 fully saturated rings. The highest BCUT2D eigenvalue weighted by Gasteiger charge is 2.48. The number of ether oxygens (including phenoxy) is 5. The maximum Gasteiger partial charge on any atom is 0.303 e. The third kappa shape index (κ3) is 14.2. The standard InChI is InChI=1S/C25H41NO12S2/c1-9-39-25(13-27,40-10-2)11-20(35-16(5)30)22(26-14(3)28)24(38-19(8)33)23(37-18(7)32)21(36-17(6)31)12-34-15(4)29/h20-24,27H,9-13H2,1-8H3,(H,26,28)/t20-,21+,22+,23+,24+/m0/s1. The summed E-state index contributed by atoms with van der Waals surface area (Å²) in [5, 5.41) is 13.0. The highest BCUT2D eigenvalue weighted by Crippen LogP contribution is 2.42. The van der Waals surface area contributed by atoms with Gasteiger partial charge in [0.25, 0.3) is 0 Å². The first kappa shape index (κ1) is 37.5. The van der Waals surface area contributed by atoms with Crippen molar-refractivity contribution >= 4 is 59.3 Å². The Bertz CT molecular complexity index is 878. The van der Waals surface area contributed by atoms with E-state index in [9.17, 15) is 33.9 Å². The van der Waals surface area contributed by atoms with Crippen LogP contribution in [0.15, 0.2) is 0 Å². The zero-order valence-electron chi connectivity index (χ0n) is 24.2. The summed E-state index contributed by atoms with van der Waals surface area (Å²) in [4.78, 5) is 72.7. The van der Waals surface area contributed by atoms with E-state index in [-0.39, 0.29) is 13.0 Å². The first-order chi connectivity index (χ1) is 18.6. The minimum absolute atomic E-state index is 0.0300. The van der Waals surface area contributed by atoms with E-state index in [2.05, 4.69) is 5.32 Å². The largest absolute Gasteiger partial charge is 0.462 e. The molecule has 230 valence electrons. The van der Waals surface area contributed by atoms with Crippen LogP contribution in [0.1, 0.15) is 61.8 Å². The van der Waals surface area contributed by atoms with Crippen molar-refractivity contribution in [2.24, 2.45) is 0 Å². The Labute approximate surface area is 243 Å². The van der Waals surface area contributed by atoms with Gasteiger partial charge in [0.1, 0.15) is 18.8 Å². The third-order valence-corrected chi connectivity index (χ3v) is 8.00. The fourth-order valence-corrected chi connectivity index (χ4v) is 6.75. The van der Waals surface area contributed by atoms with Gasteiger partial charge in [0.2, 0.25) is 5.91 Å². The maximum absolute atomic E-state index is 12.4. The Morgan fingerprint density at radius 3 is 1.52 bits per heavy atom. The monoisotopic (exact) mass is 611 g/mol. The fraction of sp³-hybridized carbons (Fsp3) is 0.760. The Morgan fingerprint density at radius 1 is 0.700 bits per heavy atom. The van der Waals surface area contributed by atoms with E-state index in [4.69, 9.17) is 23.7 Å². The van der Waals surface area contributed by atoms with Crippen LogP contribution in [0, 0.1) is 0 Å². The maximum atomic E-state index is 12.4. The topological polar surface area (TPSA) is 181 Å². The zero-order chi connectivity index (χ0) is 31.0. The molecule has 1 amide bonds. The van der Waals surface area contributed by atoms with E-state index in [0.29, 0.717) is 11.5 Å². The molecule has 0 saturated heterocycles. The highest BCUT2D eigenvalue weighted by molar-refractivity contribution is 8.18. The van der Waals surface area contributed by atoms with E-state index in [0.717, 1.165) is 34.6 Å². The molecule has 0 aliphatic rings. The lowest BCUT2D eigenvalue weighted by atomic mass is 9.93. The van der Waals surface area contributed by atoms with Crippen molar-refractivity contribution in [1.29, 1.82) is 0 Å². The van der Waals surface area contributed by atoms with Crippen LogP contribution in [0.4, 0.5) is 0 Å². The Hall–Kier alpha value is -2.52. The summed E-state index contributed by atoms with van der Waals surface area (Å²) in [7, 11) is 0. The first-order valence-corrected chi connectivity index (χ1v) is 14.6. The number of carbonyl (C=O) groups is 6. The summed E-state index contributed by atoms with van der Waals surface area (Å²) in [6.45, 7) is 9.46. The molecule has 40 heavy (non-hydrogen) atoms. The molecule has 0 heterocycles. The predicted molar refractivity (Wildman–Crippen MR) is 147 cm³/mol. The molecule has 0 bridgehead atoms. The van der Waals surface area contributed by atoms with E-state index in [1.54, 1.807) is 0 Å². The van der Waals surface area contributed by atoms with Crippen molar-refractivity contribution < 1.29 is 57.6 Å². The lowest BCUT2D eigenvalue weighted by Crippen LogP contribution is -2.61. The molecule has 0 spiro atoms. The van der Waals surface area contributed by atoms with E-state index in [1.165, 1.54) is 30.4 Å². The number of aliphatic hydroxyl groups excluding tert-OH is 1. The lowest BCUT2D eigenvalue weighted by Gasteiger charge is -2.41. The van der Waals surface area contributed by atoms with Gasteiger partial charge in [0, 0.05) is 48.0 Å². The highest BCUT2D eigenvalue weighted by atomic mass is 32.2. The van der Waals surface area contributed by atoms with Gasteiger partial charge in [0.05, 0.1) is 10.7 Å². The van der Waals surface area contributed by atoms with Crippen LogP contribution in [0.25, 0.3) is 0 Å². The second-order valence-electron chi connectivity index (χ2n) is 8.61. The average molecular weight is 612 g/mol. The van der Waals surface area contributed by atoms with Gasteiger partial charge in [-0.15, -0.1) is 23.5 Å². The predicted octanol–water partition coefficient (Wildman–Crippen LogP) is 1.37. The number of nitrogens with one attached hydrogen (secondary N) is 1. The van der Waals surface area contributed by atoms with Crippen molar-refractivity contribution in [2.45, 2.75) is 96.3 Å². The minimum atomic E-state index is -1.62. The lowest BCUT2D eigenvalue weighted by molar-refractivity contribution is -0.196. The van der Waals surface area contributed by atoms with Crippen molar-refractivity contribution in [1.82, 2.24) is 5.32 Å². The number of carbonyl (C=O) groups excluding carboxylic acids is 6. The van der Waals surface area contributed by atoms with Gasteiger partial charge in [-0.3, -0.25) is 28.8 Å². The molecule has 13 nitrogen and oxygen atoms in total. The first-order valence-electron chi connectivity index (χ1n) is 12.6. The number of aliphatic hydroxyl groups is 1. The van der Waals surface area contributed by atoms with Gasteiger partial charge in [0.15, 0.2) is 18.3 Å². The van der Waals surface area contributed by atoms with Gasteiger partial charge < -0.3 is 34.1 Å². The van der Waals surface area contributed by atoms with Crippen LogP contribution in [0.3, 0.4) is 0 Å². The Kier molecular flexibility index (Phi) is 17.6. The summed E-state index contributed by atoms with van der Waals surface area (Å²) in [6, 6.07) is -1.37. The Morgan fingerprint density at radius 2 is 1.15 bits per heavy atom. The molecule has 2 N–H and O–H groups in total. The van der Waals surface area contributed by atoms with Crippen molar-refractivity contribution in [2.75, 3.05) is 24.7 Å². The second-order valence-corrected chi connectivity index (χ2v) is 12.2. The van der Waals surface area contributed by atoms with Gasteiger partial charge in [-0.25, -0.2) is 0 Å². The molecule has 0 aromatic carbocycles. The summed E-state index contributed by atoms with van der Waals surface area (Å²) >= 11 is 2.80. The third-order valence-electron chi connectivity index (χ3n) is 5.07. The van der Waals surface area contributed by atoms with Crippen LogP contribution in [-0.4, -0.2) is 100 Å². The summed E-state index contributed by atoms with van der Waals surface area (Å²) < 4.78 is 26.0. The fourth-order valence-electron chi connectivity index (χ4n) is 3.92. The van der Waals surface area contributed by atoms with E-state index < -0.39 is 76.9 Å². The van der Waals surface area contributed by atoms with Crippen molar-refractivity contribution in [3.63, 3.8) is 0 Å². The number of hydrogen-bond acceptors (Lipinski definition) is 14. The van der Waals surface area contributed by atoms with Crippen LogP contribution in [0.5, 0.6) is 0 Å². The smallest absolute Gasteiger partial charge is 0.303 e. The molecule has 0 unspecified atom stereocenters. The summed E-state index contributed by atoms with van der Waals surface area (Å²) in [6.07, 6.45) is -5.98. The molecule has 15 heteroatoms. The SMILES string of the molecule is CCSC(CO)(C[C@H](OC(C)=O)[C@@H](NC(C)=O)[C@@H](OC(C)=O)[C@H](OC(C)=O)[C@@H](COC(C)=O)OC(C)=O)SCC. The van der Waals surface area contributed by atoms with Crippen LogP contribution >= 0.6 is 23.5 Å². The van der Waals surface area contributed by atoms with Gasteiger partial charge in [-0.1, -0.05) is 13.8 Å². The van der Waals surface area contributed by atoms with E-state index in [1.807, 2.05) is 13.8 Å². The number of thioether (sulfide) groups is 2. The molecular formula is C25H41NO12S2. The van der Waals surface area contributed by atoms with Crippen LogP contribution in [-0.2, 0) is 52.5 Å².